The molecule has 182 valence electrons. The minimum Gasteiger partial charge on any atom is -0.493 e. The fraction of sp³-hybridized carbons (Fsp3) is 0.714. The molecule has 0 saturated heterocycles. The van der Waals surface area contributed by atoms with Crippen LogP contribution in [0.1, 0.15) is 90.9 Å². The Kier molecular flexibility index (Phi) is 5.66. The summed E-state index contributed by atoms with van der Waals surface area (Å²) in [6, 6.07) is 4.88. The van der Waals surface area contributed by atoms with Crippen molar-refractivity contribution in [3.8, 4) is 11.5 Å². The lowest BCUT2D eigenvalue weighted by atomic mass is 9.64. The lowest BCUT2D eigenvalue weighted by Gasteiger charge is -2.46. The first-order valence-corrected chi connectivity index (χ1v) is 12.4. The normalized spacial score (nSPS) is 34.5. The molecule has 5 heteroatoms. The van der Waals surface area contributed by atoms with Gasteiger partial charge in [-0.25, -0.2) is 4.79 Å². The molecule has 0 aliphatic heterocycles. The third kappa shape index (κ3) is 3.76. The van der Waals surface area contributed by atoms with Crippen LogP contribution in [0.2, 0.25) is 0 Å². The Bertz CT molecular complexity index is 958. The van der Waals surface area contributed by atoms with E-state index in [1.54, 1.807) is 39.0 Å². The second kappa shape index (κ2) is 7.74. The van der Waals surface area contributed by atoms with Crippen molar-refractivity contribution >= 4 is 11.9 Å². The first-order valence-electron chi connectivity index (χ1n) is 12.4. The predicted octanol–water partition coefficient (Wildman–Crippen LogP) is 6.43. The number of hydrogen-bond donors (Lipinski definition) is 0. The highest BCUT2D eigenvalue weighted by Crippen LogP contribution is 2.73. The first-order chi connectivity index (χ1) is 15.2. The molecular weight excluding hydrogens is 416 g/mol. The molecule has 0 aromatic heterocycles. The second-order valence-corrected chi connectivity index (χ2v) is 12.5. The third-order valence-corrected chi connectivity index (χ3v) is 9.31. The van der Waals surface area contributed by atoms with Crippen molar-refractivity contribution in [2.24, 2.45) is 34.0 Å². The number of benzene rings is 1. The smallest absolute Gasteiger partial charge is 0.338 e. The number of methoxy groups -OCH3 is 1. The van der Waals surface area contributed by atoms with Gasteiger partial charge in [-0.3, -0.25) is 4.79 Å². The summed E-state index contributed by atoms with van der Waals surface area (Å²) in [7, 11) is 1.50. The first kappa shape index (κ1) is 24.1. The lowest BCUT2D eigenvalue weighted by molar-refractivity contribution is -0.143. The van der Waals surface area contributed by atoms with Crippen LogP contribution in [0.15, 0.2) is 18.2 Å². The molecule has 3 aliphatic carbocycles. The Labute approximate surface area is 198 Å². The molecule has 4 rings (SSSR count). The summed E-state index contributed by atoms with van der Waals surface area (Å²) in [6.07, 6.45) is 5.81. The predicted molar refractivity (Wildman–Crippen MR) is 127 cm³/mol. The fourth-order valence-corrected chi connectivity index (χ4v) is 7.38. The van der Waals surface area contributed by atoms with Gasteiger partial charge in [-0.2, -0.15) is 0 Å². The van der Waals surface area contributed by atoms with E-state index in [1.165, 1.54) is 20.0 Å². The van der Waals surface area contributed by atoms with Crippen LogP contribution in [0, 0.1) is 34.0 Å². The Morgan fingerprint density at radius 3 is 2.33 bits per heavy atom. The molecule has 0 heterocycles. The van der Waals surface area contributed by atoms with Crippen molar-refractivity contribution in [3.63, 3.8) is 0 Å². The number of fused-ring (bicyclic) bond motifs is 1. The maximum Gasteiger partial charge on any atom is 0.338 e. The molecule has 1 spiro atoms. The van der Waals surface area contributed by atoms with E-state index in [4.69, 9.17) is 14.2 Å². The molecule has 5 atom stereocenters. The summed E-state index contributed by atoms with van der Waals surface area (Å²) in [5, 5.41) is 0. The fourth-order valence-electron chi connectivity index (χ4n) is 7.38. The van der Waals surface area contributed by atoms with Gasteiger partial charge in [0, 0.05) is 5.92 Å². The van der Waals surface area contributed by atoms with Crippen LogP contribution in [-0.4, -0.2) is 24.6 Å². The summed E-state index contributed by atoms with van der Waals surface area (Å²) < 4.78 is 17.2. The van der Waals surface area contributed by atoms with Crippen molar-refractivity contribution in [1.82, 2.24) is 0 Å². The Morgan fingerprint density at radius 1 is 1.00 bits per heavy atom. The van der Waals surface area contributed by atoms with Crippen LogP contribution in [0.3, 0.4) is 0 Å². The van der Waals surface area contributed by atoms with Crippen molar-refractivity contribution in [1.29, 1.82) is 0 Å². The van der Waals surface area contributed by atoms with E-state index in [0.717, 1.165) is 25.2 Å². The number of carbonyl (C=O) groups is 2. The van der Waals surface area contributed by atoms with Crippen molar-refractivity contribution in [2.75, 3.05) is 7.11 Å². The maximum absolute atomic E-state index is 13.3. The Balaban J connectivity index is 1.54. The lowest BCUT2D eigenvalue weighted by Crippen LogP contribution is -2.47. The molecule has 5 nitrogen and oxygen atoms in total. The maximum atomic E-state index is 13.3. The SMILES string of the molecule is COc1cc(C(=O)O[C@]2(C)CC[C@@]34C[C@@H]2C(C)(C)[C@@H]3CC[C@H]4C)ccc1OC(=O)C(C)(C)C. The number of carbonyl (C=O) groups excluding carboxylic acids is 2. The van der Waals surface area contributed by atoms with Crippen molar-refractivity contribution in [3.05, 3.63) is 23.8 Å². The van der Waals surface area contributed by atoms with Gasteiger partial charge in [-0.1, -0.05) is 20.8 Å². The van der Waals surface area contributed by atoms with Gasteiger partial charge in [0.05, 0.1) is 18.1 Å². The Morgan fingerprint density at radius 2 is 1.70 bits per heavy atom. The number of ether oxygens (including phenoxy) is 3. The summed E-state index contributed by atoms with van der Waals surface area (Å²) in [5.74, 6) is 1.76. The largest absolute Gasteiger partial charge is 0.493 e. The number of rotatable bonds is 4. The second-order valence-electron chi connectivity index (χ2n) is 12.5. The zero-order valence-corrected chi connectivity index (χ0v) is 21.5. The summed E-state index contributed by atoms with van der Waals surface area (Å²) in [4.78, 5) is 25.6. The highest BCUT2D eigenvalue weighted by molar-refractivity contribution is 5.91. The van der Waals surface area contributed by atoms with Gasteiger partial charge in [0.15, 0.2) is 11.5 Å². The van der Waals surface area contributed by atoms with Crippen LogP contribution in [0.4, 0.5) is 0 Å². The van der Waals surface area contributed by atoms with Crippen molar-refractivity contribution in [2.45, 2.75) is 86.2 Å². The molecule has 33 heavy (non-hydrogen) atoms. The van der Waals surface area contributed by atoms with E-state index in [1.807, 2.05) is 0 Å². The highest BCUT2D eigenvalue weighted by Gasteiger charge is 2.68. The van der Waals surface area contributed by atoms with E-state index in [-0.39, 0.29) is 17.4 Å². The quantitative estimate of drug-likeness (QED) is 0.386. The van der Waals surface area contributed by atoms with E-state index >= 15 is 0 Å². The minimum atomic E-state index is -0.639. The van der Waals surface area contributed by atoms with Gasteiger partial charge in [0.2, 0.25) is 0 Å². The zero-order chi connectivity index (χ0) is 24.4. The molecule has 0 amide bonds. The van der Waals surface area contributed by atoms with Crippen molar-refractivity contribution < 1.29 is 23.8 Å². The van der Waals surface area contributed by atoms with Crippen LogP contribution < -0.4 is 9.47 Å². The molecule has 3 saturated carbocycles. The van der Waals surface area contributed by atoms with Crippen LogP contribution in [0.5, 0.6) is 11.5 Å². The van der Waals surface area contributed by atoms with Crippen LogP contribution in [-0.2, 0) is 9.53 Å². The van der Waals surface area contributed by atoms with Gasteiger partial charge in [0.1, 0.15) is 5.60 Å². The minimum absolute atomic E-state index is 0.152. The molecule has 3 aliphatic rings. The average molecular weight is 457 g/mol. The number of hydrogen-bond acceptors (Lipinski definition) is 5. The van der Waals surface area contributed by atoms with E-state index < -0.39 is 11.0 Å². The highest BCUT2D eigenvalue weighted by atomic mass is 16.6. The monoisotopic (exact) mass is 456 g/mol. The third-order valence-electron chi connectivity index (χ3n) is 9.31. The molecule has 0 radical (unpaired) electrons. The van der Waals surface area contributed by atoms with E-state index in [0.29, 0.717) is 34.3 Å². The van der Waals surface area contributed by atoms with E-state index in [2.05, 4.69) is 27.7 Å². The molecule has 2 bridgehead atoms. The molecule has 1 aromatic rings. The van der Waals surface area contributed by atoms with Gasteiger partial charge in [0.25, 0.3) is 0 Å². The average Bonchev–Trinajstić information content (AvgIpc) is 3.16. The molecular formula is C28H40O5. The van der Waals surface area contributed by atoms with Gasteiger partial charge in [-0.05, 0) is 101 Å². The van der Waals surface area contributed by atoms with Gasteiger partial charge < -0.3 is 14.2 Å². The van der Waals surface area contributed by atoms with Crippen LogP contribution >= 0.6 is 0 Å². The van der Waals surface area contributed by atoms with Gasteiger partial charge >= 0.3 is 11.9 Å². The molecule has 1 aromatic carbocycles. The molecule has 3 fully saturated rings. The standard InChI is InChI=1S/C28H40O5/c1-17-9-12-21-26(5,6)22-16-28(17,21)14-13-27(22,7)33-23(29)18-10-11-19(20(15-18)31-8)32-24(30)25(2,3)4/h10-11,15,17,21-22H,9,12-14,16H2,1-8H3/t17-,21+,22-,27-,28+/m1/s1. The Hall–Kier alpha value is -2.04. The van der Waals surface area contributed by atoms with E-state index in [9.17, 15) is 9.59 Å². The van der Waals surface area contributed by atoms with Crippen LogP contribution in [0.25, 0.3) is 0 Å². The topological polar surface area (TPSA) is 61.8 Å². The number of esters is 2. The summed E-state index contributed by atoms with van der Waals surface area (Å²) in [6.45, 7) is 14.7. The van der Waals surface area contributed by atoms with Gasteiger partial charge in [-0.15, -0.1) is 0 Å². The molecule has 0 N–H and O–H groups in total. The summed E-state index contributed by atoms with van der Waals surface area (Å²) >= 11 is 0. The summed E-state index contributed by atoms with van der Waals surface area (Å²) in [5.41, 5.74) is -0.144. The molecule has 0 unspecified atom stereocenters. The zero-order valence-electron chi connectivity index (χ0n) is 21.5.